The fraction of sp³-hybridized carbons (Fsp3) is 0.286. The van der Waals surface area contributed by atoms with E-state index in [-0.39, 0.29) is 6.54 Å². The topological polar surface area (TPSA) is 98.2 Å². The molecule has 0 aromatic carbocycles. The van der Waals surface area contributed by atoms with Crippen LogP contribution in [0.3, 0.4) is 0 Å². The average Bonchev–Trinajstić information content (AvgIpc) is 2.08. The van der Waals surface area contributed by atoms with Crippen molar-refractivity contribution in [3.8, 4) is 0 Å². The zero-order chi connectivity index (χ0) is 9.84. The standard InChI is InChI=1S/C7H9N3O3/c8-5(6(11)12)4-10-3-1-2-9-7(10)13/h1-3,5H,4,8H2,(H,11,12). The molecule has 0 radical (unpaired) electrons. The van der Waals surface area contributed by atoms with Gasteiger partial charge in [-0.1, -0.05) is 0 Å². The number of hydrogen-bond acceptors (Lipinski definition) is 4. The van der Waals surface area contributed by atoms with Crippen molar-refractivity contribution in [2.75, 3.05) is 0 Å². The van der Waals surface area contributed by atoms with Crippen molar-refractivity contribution in [3.63, 3.8) is 0 Å². The van der Waals surface area contributed by atoms with Gasteiger partial charge in [0.15, 0.2) is 0 Å². The van der Waals surface area contributed by atoms with Gasteiger partial charge in [-0.15, -0.1) is 0 Å². The number of aromatic nitrogens is 2. The SMILES string of the molecule is NC(Cn1cccnc1=O)C(=O)O. The molecule has 0 bridgehead atoms. The Balaban J connectivity index is 2.81. The van der Waals surface area contributed by atoms with Gasteiger partial charge in [0, 0.05) is 12.4 Å². The highest BCUT2D eigenvalue weighted by molar-refractivity contribution is 5.72. The number of rotatable bonds is 3. The lowest BCUT2D eigenvalue weighted by atomic mass is 10.3. The highest BCUT2D eigenvalue weighted by atomic mass is 16.4. The van der Waals surface area contributed by atoms with E-state index >= 15 is 0 Å². The maximum Gasteiger partial charge on any atom is 0.347 e. The van der Waals surface area contributed by atoms with Crippen molar-refractivity contribution >= 4 is 5.97 Å². The van der Waals surface area contributed by atoms with Crippen LogP contribution in [0.1, 0.15) is 0 Å². The smallest absolute Gasteiger partial charge is 0.347 e. The number of nitrogens with two attached hydrogens (primary N) is 1. The van der Waals surface area contributed by atoms with E-state index in [0.717, 1.165) is 4.57 Å². The van der Waals surface area contributed by atoms with E-state index in [9.17, 15) is 9.59 Å². The highest BCUT2D eigenvalue weighted by Crippen LogP contribution is 1.85. The molecule has 1 aromatic heterocycles. The Morgan fingerprint density at radius 2 is 2.46 bits per heavy atom. The predicted molar refractivity (Wildman–Crippen MR) is 44.1 cm³/mol. The molecule has 0 saturated carbocycles. The van der Waals surface area contributed by atoms with Gasteiger partial charge in [-0.25, -0.2) is 9.78 Å². The van der Waals surface area contributed by atoms with E-state index in [0.29, 0.717) is 0 Å². The molecule has 0 aliphatic rings. The van der Waals surface area contributed by atoms with Crippen molar-refractivity contribution in [1.29, 1.82) is 0 Å². The van der Waals surface area contributed by atoms with Crippen molar-refractivity contribution < 1.29 is 9.90 Å². The molecule has 1 atom stereocenters. The van der Waals surface area contributed by atoms with Crippen molar-refractivity contribution in [3.05, 3.63) is 28.9 Å². The van der Waals surface area contributed by atoms with E-state index < -0.39 is 17.7 Å². The first-order valence-electron chi connectivity index (χ1n) is 3.61. The molecule has 0 fully saturated rings. The summed E-state index contributed by atoms with van der Waals surface area (Å²) in [6, 6.07) is 0.456. The summed E-state index contributed by atoms with van der Waals surface area (Å²) in [5.74, 6) is -1.14. The van der Waals surface area contributed by atoms with Gasteiger partial charge < -0.3 is 10.8 Å². The van der Waals surface area contributed by atoms with Crippen molar-refractivity contribution in [1.82, 2.24) is 9.55 Å². The van der Waals surface area contributed by atoms with E-state index in [1.165, 1.54) is 18.5 Å². The van der Waals surface area contributed by atoms with E-state index in [1.807, 2.05) is 0 Å². The van der Waals surface area contributed by atoms with Gasteiger partial charge in [0.1, 0.15) is 6.04 Å². The third kappa shape index (κ3) is 2.38. The van der Waals surface area contributed by atoms with Crippen LogP contribution in [-0.2, 0) is 11.3 Å². The van der Waals surface area contributed by atoms with Crippen LogP contribution in [0.15, 0.2) is 23.3 Å². The minimum absolute atomic E-state index is 0.0675. The summed E-state index contributed by atoms with van der Waals surface area (Å²) in [6.07, 6.45) is 2.78. The first kappa shape index (κ1) is 9.40. The molecule has 0 saturated heterocycles. The predicted octanol–water partition coefficient (Wildman–Crippen LogP) is -1.34. The Hall–Kier alpha value is -1.69. The monoisotopic (exact) mass is 183 g/mol. The van der Waals surface area contributed by atoms with Gasteiger partial charge in [-0.05, 0) is 6.07 Å². The van der Waals surface area contributed by atoms with Crippen LogP contribution in [0, 0.1) is 0 Å². The average molecular weight is 183 g/mol. The quantitative estimate of drug-likeness (QED) is 0.604. The van der Waals surface area contributed by atoms with Gasteiger partial charge in [0.05, 0.1) is 6.54 Å². The molecule has 0 aliphatic heterocycles. The minimum atomic E-state index is -1.14. The molecule has 0 spiro atoms. The van der Waals surface area contributed by atoms with Crippen LogP contribution >= 0.6 is 0 Å². The molecule has 0 aliphatic carbocycles. The first-order chi connectivity index (χ1) is 6.11. The molecule has 3 N–H and O–H groups in total. The molecule has 0 amide bonds. The summed E-state index contributed by atoms with van der Waals surface area (Å²) in [5, 5.41) is 8.47. The lowest BCUT2D eigenvalue weighted by Crippen LogP contribution is -2.38. The first-order valence-corrected chi connectivity index (χ1v) is 3.61. The molecule has 1 unspecified atom stereocenters. The van der Waals surface area contributed by atoms with E-state index in [1.54, 1.807) is 0 Å². The Bertz CT molecular complexity index is 360. The lowest BCUT2D eigenvalue weighted by Gasteiger charge is -2.07. The maximum absolute atomic E-state index is 11.0. The van der Waals surface area contributed by atoms with Crippen molar-refractivity contribution in [2.45, 2.75) is 12.6 Å². The zero-order valence-electron chi connectivity index (χ0n) is 6.75. The molecule has 1 aromatic rings. The van der Waals surface area contributed by atoms with Crippen LogP contribution in [0.5, 0.6) is 0 Å². The highest BCUT2D eigenvalue weighted by Gasteiger charge is 2.12. The van der Waals surface area contributed by atoms with Crippen molar-refractivity contribution in [2.24, 2.45) is 5.73 Å². The summed E-state index contributed by atoms with van der Waals surface area (Å²) < 4.78 is 1.15. The fourth-order valence-corrected chi connectivity index (χ4v) is 0.816. The Morgan fingerprint density at radius 1 is 1.77 bits per heavy atom. The summed E-state index contributed by atoms with van der Waals surface area (Å²) >= 11 is 0. The van der Waals surface area contributed by atoms with Crippen LogP contribution in [-0.4, -0.2) is 26.7 Å². The number of aliphatic carboxylic acids is 1. The van der Waals surface area contributed by atoms with Gasteiger partial charge >= 0.3 is 11.7 Å². The van der Waals surface area contributed by atoms with E-state index in [2.05, 4.69) is 4.98 Å². The number of carbonyl (C=O) groups is 1. The number of carboxylic acid groups (broad SMARTS) is 1. The Kier molecular flexibility index (Phi) is 2.76. The van der Waals surface area contributed by atoms with Gasteiger partial charge in [0.25, 0.3) is 0 Å². The molecule has 1 rings (SSSR count). The molecule has 70 valence electrons. The molecule has 6 heteroatoms. The number of hydrogen-bond donors (Lipinski definition) is 2. The molecule has 13 heavy (non-hydrogen) atoms. The largest absolute Gasteiger partial charge is 0.480 e. The third-order valence-electron chi connectivity index (χ3n) is 1.49. The molecule has 6 nitrogen and oxygen atoms in total. The number of nitrogens with zero attached hydrogens (tertiary/aromatic N) is 2. The molecular formula is C7H9N3O3. The van der Waals surface area contributed by atoms with Crippen LogP contribution in [0.4, 0.5) is 0 Å². The summed E-state index contributed by atoms with van der Waals surface area (Å²) in [5.41, 5.74) is 4.73. The van der Waals surface area contributed by atoms with E-state index in [4.69, 9.17) is 10.8 Å². The maximum atomic E-state index is 11.0. The normalized spacial score (nSPS) is 12.4. The second-order valence-corrected chi connectivity index (χ2v) is 2.50. The van der Waals surface area contributed by atoms with Gasteiger partial charge in [0.2, 0.25) is 0 Å². The summed E-state index contributed by atoms with van der Waals surface area (Å²) in [4.78, 5) is 24.8. The number of carboxylic acids is 1. The fourth-order valence-electron chi connectivity index (χ4n) is 0.816. The second kappa shape index (κ2) is 3.81. The zero-order valence-corrected chi connectivity index (χ0v) is 6.75. The second-order valence-electron chi connectivity index (χ2n) is 2.50. The van der Waals surface area contributed by atoms with Gasteiger partial charge in [-0.3, -0.25) is 9.36 Å². The summed E-state index contributed by atoms with van der Waals surface area (Å²) in [7, 11) is 0. The lowest BCUT2D eigenvalue weighted by molar-refractivity contribution is -0.138. The molecule has 1 heterocycles. The third-order valence-corrected chi connectivity index (χ3v) is 1.49. The van der Waals surface area contributed by atoms with Gasteiger partial charge in [-0.2, -0.15) is 0 Å². The Labute approximate surface area is 73.6 Å². The van der Waals surface area contributed by atoms with Crippen LogP contribution < -0.4 is 11.4 Å². The van der Waals surface area contributed by atoms with Crippen LogP contribution in [0.25, 0.3) is 0 Å². The van der Waals surface area contributed by atoms with Crippen LogP contribution in [0.2, 0.25) is 0 Å². The Morgan fingerprint density at radius 3 is 3.00 bits per heavy atom. The molecular weight excluding hydrogens is 174 g/mol. The minimum Gasteiger partial charge on any atom is -0.480 e. The summed E-state index contributed by atoms with van der Waals surface area (Å²) in [6.45, 7) is -0.0675.